The Morgan fingerprint density at radius 1 is 0.432 bits per heavy atom. The molecule has 6 heteroatoms. The maximum absolute atomic E-state index is 6.86. The molecule has 4 heterocycles. The summed E-state index contributed by atoms with van der Waals surface area (Å²) in [7, 11) is 0. The summed E-state index contributed by atoms with van der Waals surface area (Å²) in [5, 5.41) is 0. The summed E-state index contributed by atoms with van der Waals surface area (Å²) in [5.74, 6) is 11.5. The summed E-state index contributed by atoms with van der Waals surface area (Å²) in [4.78, 5) is 10.1. The second-order valence-electron chi connectivity index (χ2n) is 23.1. The Balaban J connectivity index is 1.24. The first kappa shape index (κ1) is 50.0. The van der Waals surface area contributed by atoms with E-state index in [1.807, 2.05) is 18.2 Å². The molecule has 0 saturated carbocycles. The van der Waals surface area contributed by atoms with Crippen LogP contribution in [0.4, 0.5) is 45.5 Å². The number of nitrogens with zero attached hydrogens (tertiary/aromatic N) is 4. The molecule has 10 aromatic carbocycles. The number of hydrogen-bond donors (Lipinski definition) is 0. The number of benzene rings is 10. The van der Waals surface area contributed by atoms with Crippen LogP contribution < -0.4 is 24.3 Å². The molecule has 4 aliphatic rings. The molecular weight excluding hydrogens is 1170 g/mol. The van der Waals surface area contributed by atoms with Crippen LogP contribution in [0.3, 0.4) is 0 Å². The van der Waals surface area contributed by atoms with E-state index in [0.717, 1.165) is 115 Å². The van der Waals surface area contributed by atoms with Gasteiger partial charge in [-0.25, -0.2) is 0 Å². The van der Waals surface area contributed by atoms with Gasteiger partial charge in [0.15, 0.2) is 0 Å². The van der Waals surface area contributed by atoms with Crippen molar-refractivity contribution in [3.8, 4) is 80.2 Å². The van der Waals surface area contributed by atoms with Gasteiger partial charge >= 0.3 is 487 Å². The number of rotatable bonds is 2. The van der Waals surface area contributed by atoms with Gasteiger partial charge in [0, 0.05) is 0 Å². The van der Waals surface area contributed by atoms with Gasteiger partial charge < -0.3 is 0 Å². The fourth-order valence-corrected chi connectivity index (χ4v) is 15.1. The predicted octanol–water partition coefficient (Wildman–Crippen LogP) is 18.2. The Bertz CT molecular complexity index is 4470. The van der Waals surface area contributed by atoms with E-state index in [1.54, 1.807) is 0 Å². The number of fused-ring (bicyclic) bond motifs is 22. The van der Waals surface area contributed by atoms with Gasteiger partial charge in [0.1, 0.15) is 0 Å². The molecule has 0 amide bonds. The summed E-state index contributed by atoms with van der Waals surface area (Å²) in [6.45, 7) is 16.0. The second kappa shape index (κ2) is 19.2. The van der Waals surface area contributed by atoms with E-state index in [2.05, 4.69) is 286 Å². The molecule has 0 atom stereocenters. The maximum atomic E-state index is 6.86. The van der Waals surface area contributed by atoms with E-state index >= 15 is 0 Å². The van der Waals surface area contributed by atoms with Crippen LogP contribution in [0.5, 0.6) is 11.5 Å². The molecule has 10 bridgehead atoms. The van der Waals surface area contributed by atoms with Crippen molar-refractivity contribution < 1.29 is 22.4 Å². The van der Waals surface area contributed by atoms with Crippen LogP contribution in [0, 0.1) is 43.2 Å². The SMILES string of the molecule is C#Cc1cccc(-c2cc(C(C)(C)C)cc3c2N2[C]4=[Pt]=[C]5N(c6[c-]c(ccc6)Oc6[c-]c(ccc6)N4c4ccccc42)c2ccccc2N5c2c(-c4cccc(C)c4)cc(C(C)(C)C)cc2-c2cccc(c2)C#Cc2cccc-3c2)c1. The van der Waals surface area contributed by atoms with E-state index in [-0.39, 0.29) is 10.8 Å². The van der Waals surface area contributed by atoms with Crippen LogP contribution in [0.1, 0.15) is 74.9 Å². The molecule has 4 aliphatic heterocycles. The summed E-state index contributed by atoms with van der Waals surface area (Å²) in [6.07, 6.45) is 6.28. The molecule has 394 valence electrons. The van der Waals surface area contributed by atoms with Crippen LogP contribution in [-0.2, 0) is 28.5 Å². The fourth-order valence-electron chi connectivity index (χ4n) is 11.4. The zero-order valence-electron chi connectivity index (χ0n) is 46.2. The molecule has 0 fully saturated rings. The van der Waals surface area contributed by atoms with Gasteiger partial charge in [-0.15, -0.1) is 0 Å². The van der Waals surface area contributed by atoms with Crippen LogP contribution in [0.15, 0.2) is 206 Å². The molecule has 0 aromatic heterocycles. The van der Waals surface area contributed by atoms with Crippen molar-refractivity contribution in [3.63, 3.8) is 0 Å². The average molecular weight is 1220 g/mol. The van der Waals surface area contributed by atoms with Crippen LogP contribution in [0.25, 0.3) is 44.5 Å². The third-order valence-electron chi connectivity index (χ3n) is 15.5. The number of ether oxygens (including phenoxy) is 1. The van der Waals surface area contributed by atoms with Gasteiger partial charge in [0.25, 0.3) is 0 Å². The Morgan fingerprint density at radius 2 is 0.827 bits per heavy atom. The minimum absolute atomic E-state index is 0.198. The van der Waals surface area contributed by atoms with Gasteiger partial charge in [-0.1, -0.05) is 0 Å². The molecule has 0 aliphatic carbocycles. The molecule has 5 nitrogen and oxygen atoms in total. The van der Waals surface area contributed by atoms with Crippen LogP contribution in [0.2, 0.25) is 0 Å². The molecule has 81 heavy (non-hydrogen) atoms. The Kier molecular flexibility index (Phi) is 11.9. The van der Waals surface area contributed by atoms with Gasteiger partial charge in [-0.05, 0) is 0 Å². The Hall–Kier alpha value is -9.25. The Morgan fingerprint density at radius 3 is 1.26 bits per heavy atom. The van der Waals surface area contributed by atoms with E-state index in [9.17, 15) is 0 Å². The normalized spacial score (nSPS) is 13.9. The quantitative estimate of drug-likeness (QED) is 0.127. The van der Waals surface area contributed by atoms with Gasteiger partial charge in [0.05, 0.1) is 0 Å². The van der Waals surface area contributed by atoms with Crippen molar-refractivity contribution in [1.29, 1.82) is 0 Å². The van der Waals surface area contributed by atoms with Crippen molar-refractivity contribution in [1.82, 2.24) is 0 Å². The van der Waals surface area contributed by atoms with E-state index in [0.29, 0.717) is 11.5 Å². The van der Waals surface area contributed by atoms with Crippen molar-refractivity contribution >= 4 is 53.8 Å². The molecule has 0 N–H and O–H groups in total. The molecule has 14 rings (SSSR count). The van der Waals surface area contributed by atoms with Crippen LogP contribution >= 0.6 is 0 Å². The molecule has 0 spiro atoms. The molecule has 0 unspecified atom stereocenters. The van der Waals surface area contributed by atoms with Crippen molar-refractivity contribution in [2.24, 2.45) is 0 Å². The minimum atomic E-state index is -1.36. The number of anilines is 8. The van der Waals surface area contributed by atoms with Crippen molar-refractivity contribution in [2.75, 3.05) is 19.6 Å². The van der Waals surface area contributed by atoms with Gasteiger partial charge in [0.2, 0.25) is 0 Å². The van der Waals surface area contributed by atoms with Crippen molar-refractivity contribution in [2.45, 2.75) is 59.3 Å². The van der Waals surface area contributed by atoms with Gasteiger partial charge in [-0.2, -0.15) is 0 Å². The number of hydrogen-bond acceptors (Lipinski definition) is 5. The zero-order chi connectivity index (χ0) is 55.3. The third kappa shape index (κ3) is 8.73. The number of terminal acetylenes is 1. The van der Waals surface area contributed by atoms with E-state index in [1.165, 1.54) is 16.7 Å². The summed E-state index contributed by atoms with van der Waals surface area (Å²) >= 11 is -1.36. The summed E-state index contributed by atoms with van der Waals surface area (Å²) < 4.78 is 9.07. The number of aryl methyl sites for hydroxylation is 1. The molecular formula is C75H56N4OPt-2. The third-order valence-corrected chi connectivity index (χ3v) is 18.6. The Labute approximate surface area is 483 Å². The first-order valence-electron chi connectivity index (χ1n) is 27.4. The second-order valence-corrected chi connectivity index (χ2v) is 25.7. The van der Waals surface area contributed by atoms with Crippen LogP contribution in [-0.4, -0.2) is 8.29 Å². The summed E-state index contributed by atoms with van der Waals surface area (Å²) in [5.41, 5.74) is 22.6. The predicted molar refractivity (Wildman–Crippen MR) is 333 cm³/mol. The van der Waals surface area contributed by atoms with E-state index in [4.69, 9.17) is 11.2 Å². The number of para-hydroxylation sites is 4. The van der Waals surface area contributed by atoms with E-state index < -0.39 is 17.6 Å². The standard InChI is InChI=1S/C75H56N4O.Pt/c1-9-51-21-15-25-55(39-51)65-43-59(75(6,7)8)45-67-57-27-17-23-53(41-57)37-36-52-22-16-26-56(40-52)66-44-58(74(3,4)5)42-64(54-24-14-20-50(2)38-54)72(66)78-48-76(68-32-10-12-34-70(68)78)60-28-18-30-62(46-60)80-63-31-19-29-61(47-63)77-49-79(73(65)67)71-35-13-11-33-69(71)77;/h1,10-35,38-45H,2-8H3;/q-2;. The fraction of sp³-hybridized carbons (Fsp3) is 0.120. The van der Waals surface area contributed by atoms with Crippen molar-refractivity contribution in [3.05, 3.63) is 252 Å². The first-order valence-corrected chi connectivity index (χ1v) is 29.7. The monoisotopic (exact) mass is 1220 g/mol. The summed E-state index contributed by atoms with van der Waals surface area (Å²) in [6, 6.07) is 82.6. The average Bonchev–Trinajstić information content (AvgIpc) is 3.65. The zero-order valence-corrected chi connectivity index (χ0v) is 48.5. The molecule has 0 radical (unpaired) electrons. The molecule has 10 aromatic rings. The molecule has 0 saturated heterocycles. The first-order chi connectivity index (χ1) is 39.2. The van der Waals surface area contributed by atoms with Gasteiger partial charge in [-0.3, -0.25) is 0 Å². The topological polar surface area (TPSA) is 22.2 Å².